The first-order valence-electron chi connectivity index (χ1n) is 5.98. The molecular formula is C14H18N2O3. The van der Waals surface area contributed by atoms with E-state index in [1.807, 2.05) is 37.2 Å². The van der Waals surface area contributed by atoms with Crippen molar-refractivity contribution in [2.75, 3.05) is 28.3 Å². The van der Waals surface area contributed by atoms with Crippen molar-refractivity contribution in [3.63, 3.8) is 0 Å². The molecule has 2 rings (SSSR count). The Morgan fingerprint density at radius 1 is 1.32 bits per heavy atom. The molecule has 19 heavy (non-hydrogen) atoms. The Labute approximate surface area is 112 Å². The van der Waals surface area contributed by atoms with Gasteiger partial charge < -0.3 is 19.4 Å². The van der Waals surface area contributed by atoms with Crippen molar-refractivity contribution in [3.05, 3.63) is 29.5 Å². The molecule has 0 spiro atoms. The van der Waals surface area contributed by atoms with E-state index in [2.05, 4.69) is 4.98 Å². The van der Waals surface area contributed by atoms with Crippen molar-refractivity contribution in [1.82, 2.24) is 9.88 Å². The van der Waals surface area contributed by atoms with E-state index in [9.17, 15) is 4.79 Å². The maximum atomic E-state index is 11.8. The molecule has 0 saturated heterocycles. The smallest absolute Gasteiger partial charge is 0.354 e. The van der Waals surface area contributed by atoms with Gasteiger partial charge in [-0.05, 0) is 32.3 Å². The summed E-state index contributed by atoms with van der Waals surface area (Å²) in [6.07, 6.45) is 0. The lowest BCUT2D eigenvalue weighted by Gasteiger charge is -2.10. The van der Waals surface area contributed by atoms with Gasteiger partial charge in [0.05, 0.1) is 14.2 Å². The summed E-state index contributed by atoms with van der Waals surface area (Å²) in [6, 6.07) is 5.69. The van der Waals surface area contributed by atoms with E-state index in [1.165, 1.54) is 7.11 Å². The van der Waals surface area contributed by atoms with E-state index >= 15 is 0 Å². The second kappa shape index (κ2) is 5.32. The molecular weight excluding hydrogens is 244 g/mol. The first-order chi connectivity index (χ1) is 9.06. The lowest BCUT2D eigenvalue weighted by atomic mass is 10.1. The third kappa shape index (κ3) is 2.56. The molecule has 0 saturated carbocycles. The molecule has 0 fully saturated rings. The van der Waals surface area contributed by atoms with Crippen molar-refractivity contribution in [3.8, 4) is 5.75 Å². The highest BCUT2D eigenvalue weighted by molar-refractivity contribution is 5.98. The number of aromatic nitrogens is 1. The van der Waals surface area contributed by atoms with Crippen LogP contribution in [0.25, 0.3) is 10.9 Å². The van der Waals surface area contributed by atoms with E-state index in [4.69, 9.17) is 9.47 Å². The highest BCUT2D eigenvalue weighted by Crippen LogP contribution is 2.27. The van der Waals surface area contributed by atoms with E-state index in [0.717, 1.165) is 22.2 Å². The molecule has 0 atom stereocenters. The predicted molar refractivity (Wildman–Crippen MR) is 73.6 cm³/mol. The number of aromatic amines is 1. The highest BCUT2D eigenvalue weighted by Gasteiger charge is 2.19. The van der Waals surface area contributed by atoms with Crippen LogP contribution in [-0.2, 0) is 11.3 Å². The van der Waals surface area contributed by atoms with Gasteiger partial charge in [0, 0.05) is 23.0 Å². The molecule has 5 heteroatoms. The Kier molecular flexibility index (Phi) is 3.76. The quantitative estimate of drug-likeness (QED) is 0.857. The normalized spacial score (nSPS) is 11.0. The number of ether oxygens (including phenoxy) is 2. The number of benzene rings is 1. The standard InChI is InChI=1S/C14H18N2O3/c1-16(2)8-11-10-7-9(18-3)5-6-12(10)15-13(11)14(17)19-4/h5-7,15H,8H2,1-4H3. The van der Waals surface area contributed by atoms with Gasteiger partial charge in [0.15, 0.2) is 0 Å². The first-order valence-corrected chi connectivity index (χ1v) is 5.98. The molecule has 2 aromatic rings. The monoisotopic (exact) mass is 262 g/mol. The second-order valence-corrected chi connectivity index (χ2v) is 4.62. The Morgan fingerprint density at radius 2 is 2.05 bits per heavy atom. The number of methoxy groups -OCH3 is 2. The minimum absolute atomic E-state index is 0.355. The Hall–Kier alpha value is -2.01. The summed E-state index contributed by atoms with van der Waals surface area (Å²) in [5.41, 5.74) is 2.32. The molecule has 0 radical (unpaired) electrons. The van der Waals surface area contributed by atoms with Crippen LogP contribution in [0.5, 0.6) is 5.75 Å². The van der Waals surface area contributed by atoms with Crippen LogP contribution in [0.3, 0.4) is 0 Å². The SMILES string of the molecule is COC(=O)c1[nH]c2ccc(OC)cc2c1CN(C)C. The minimum atomic E-state index is -0.355. The fraction of sp³-hybridized carbons (Fsp3) is 0.357. The van der Waals surface area contributed by atoms with Crippen LogP contribution in [-0.4, -0.2) is 44.2 Å². The number of hydrogen-bond acceptors (Lipinski definition) is 4. The number of carbonyl (C=O) groups excluding carboxylic acids is 1. The van der Waals surface area contributed by atoms with Gasteiger partial charge in [-0.1, -0.05) is 0 Å². The number of rotatable bonds is 4. The molecule has 0 unspecified atom stereocenters. The molecule has 1 aromatic heterocycles. The van der Waals surface area contributed by atoms with Crippen LogP contribution in [0.1, 0.15) is 16.1 Å². The number of fused-ring (bicyclic) bond motifs is 1. The van der Waals surface area contributed by atoms with Crippen LogP contribution in [0.15, 0.2) is 18.2 Å². The maximum absolute atomic E-state index is 11.8. The summed E-state index contributed by atoms with van der Waals surface area (Å²) >= 11 is 0. The molecule has 0 amide bonds. The van der Waals surface area contributed by atoms with E-state index in [0.29, 0.717) is 12.2 Å². The van der Waals surface area contributed by atoms with Crippen molar-refractivity contribution in [2.24, 2.45) is 0 Å². The largest absolute Gasteiger partial charge is 0.497 e. The fourth-order valence-corrected chi connectivity index (χ4v) is 2.11. The van der Waals surface area contributed by atoms with Gasteiger partial charge in [0.1, 0.15) is 11.4 Å². The molecule has 0 aliphatic heterocycles. The number of nitrogens with one attached hydrogen (secondary N) is 1. The van der Waals surface area contributed by atoms with Crippen LogP contribution in [0.4, 0.5) is 0 Å². The summed E-state index contributed by atoms with van der Waals surface area (Å²) in [7, 11) is 6.93. The van der Waals surface area contributed by atoms with Gasteiger partial charge in [-0.15, -0.1) is 0 Å². The molecule has 0 aliphatic carbocycles. The van der Waals surface area contributed by atoms with Gasteiger partial charge in [-0.2, -0.15) is 0 Å². The fourth-order valence-electron chi connectivity index (χ4n) is 2.11. The van der Waals surface area contributed by atoms with Gasteiger partial charge in [0.25, 0.3) is 0 Å². The summed E-state index contributed by atoms with van der Waals surface area (Å²) in [6.45, 7) is 0.650. The van der Waals surface area contributed by atoms with Crippen LogP contribution in [0, 0.1) is 0 Å². The summed E-state index contributed by atoms with van der Waals surface area (Å²) in [4.78, 5) is 17.0. The number of nitrogens with zero attached hydrogens (tertiary/aromatic N) is 1. The van der Waals surface area contributed by atoms with Crippen molar-refractivity contribution < 1.29 is 14.3 Å². The van der Waals surface area contributed by atoms with Crippen LogP contribution < -0.4 is 4.74 Å². The second-order valence-electron chi connectivity index (χ2n) is 4.62. The van der Waals surface area contributed by atoms with Gasteiger partial charge in [-0.25, -0.2) is 4.79 Å². The lowest BCUT2D eigenvalue weighted by molar-refractivity contribution is 0.0593. The average Bonchev–Trinajstić information content (AvgIpc) is 2.75. The number of H-pyrrole nitrogens is 1. The highest BCUT2D eigenvalue weighted by atomic mass is 16.5. The average molecular weight is 262 g/mol. The molecule has 0 bridgehead atoms. The zero-order chi connectivity index (χ0) is 14.0. The number of esters is 1. The summed E-state index contributed by atoms with van der Waals surface area (Å²) < 4.78 is 10.1. The van der Waals surface area contributed by atoms with Crippen molar-refractivity contribution in [1.29, 1.82) is 0 Å². The van der Waals surface area contributed by atoms with Gasteiger partial charge >= 0.3 is 5.97 Å². The molecule has 1 heterocycles. The Balaban J connectivity index is 2.63. The van der Waals surface area contributed by atoms with Crippen molar-refractivity contribution in [2.45, 2.75) is 6.54 Å². The molecule has 102 valence electrons. The zero-order valence-corrected chi connectivity index (χ0v) is 11.6. The maximum Gasteiger partial charge on any atom is 0.354 e. The van der Waals surface area contributed by atoms with Gasteiger partial charge in [0.2, 0.25) is 0 Å². The van der Waals surface area contributed by atoms with Crippen molar-refractivity contribution >= 4 is 16.9 Å². The third-order valence-corrected chi connectivity index (χ3v) is 2.98. The summed E-state index contributed by atoms with van der Waals surface area (Å²) in [5, 5.41) is 0.980. The molecule has 5 nitrogen and oxygen atoms in total. The first kappa shape index (κ1) is 13.4. The summed E-state index contributed by atoms with van der Waals surface area (Å²) in [5.74, 6) is 0.412. The number of carbonyl (C=O) groups is 1. The van der Waals surface area contributed by atoms with E-state index < -0.39 is 0 Å². The van der Waals surface area contributed by atoms with Gasteiger partial charge in [-0.3, -0.25) is 0 Å². The number of hydrogen-bond donors (Lipinski definition) is 1. The topological polar surface area (TPSA) is 54.6 Å². The molecule has 1 aromatic carbocycles. The van der Waals surface area contributed by atoms with Crippen LogP contribution >= 0.6 is 0 Å². The third-order valence-electron chi connectivity index (χ3n) is 2.98. The van der Waals surface area contributed by atoms with Crippen LogP contribution in [0.2, 0.25) is 0 Å². The Bertz CT molecular complexity index is 602. The zero-order valence-electron chi connectivity index (χ0n) is 11.6. The van der Waals surface area contributed by atoms with E-state index in [-0.39, 0.29) is 5.97 Å². The van der Waals surface area contributed by atoms with E-state index in [1.54, 1.807) is 7.11 Å². The Morgan fingerprint density at radius 3 is 2.63 bits per heavy atom. The molecule has 0 aliphatic rings. The molecule has 1 N–H and O–H groups in total. The lowest BCUT2D eigenvalue weighted by Crippen LogP contribution is -2.14. The minimum Gasteiger partial charge on any atom is -0.497 e. The predicted octanol–water partition coefficient (Wildman–Crippen LogP) is 2.02.